The molecule has 0 unspecified atom stereocenters. The minimum absolute atomic E-state index is 0.00131. The summed E-state index contributed by atoms with van der Waals surface area (Å²) in [5, 5.41) is 13.7. The Morgan fingerprint density at radius 1 is 1.27 bits per heavy atom. The molecule has 0 aliphatic heterocycles. The Morgan fingerprint density at radius 3 is 2.65 bits per heavy atom. The molecule has 0 atom stereocenters. The molecule has 26 heavy (non-hydrogen) atoms. The lowest BCUT2D eigenvalue weighted by molar-refractivity contribution is -0.384. The number of halogens is 2. The predicted molar refractivity (Wildman–Crippen MR) is 103 cm³/mol. The van der Waals surface area contributed by atoms with Crippen molar-refractivity contribution in [1.82, 2.24) is 5.32 Å². The first kappa shape index (κ1) is 19.9. The minimum atomic E-state index is -0.480. The zero-order chi connectivity index (χ0) is 18.9. The van der Waals surface area contributed by atoms with Crippen molar-refractivity contribution in [3.8, 4) is 0 Å². The van der Waals surface area contributed by atoms with E-state index in [9.17, 15) is 19.3 Å². The van der Waals surface area contributed by atoms with Crippen molar-refractivity contribution in [2.24, 2.45) is 0 Å². The average Bonchev–Trinajstić information content (AvgIpc) is 2.62. The topological polar surface area (TPSA) is 72.2 Å². The maximum atomic E-state index is 13.6. The fourth-order valence-corrected chi connectivity index (χ4v) is 3.23. The van der Waals surface area contributed by atoms with Crippen LogP contribution in [0.2, 0.25) is 5.02 Å². The van der Waals surface area contributed by atoms with E-state index in [2.05, 4.69) is 5.32 Å². The average molecular weight is 395 g/mol. The number of carbonyl (C=O) groups is 1. The van der Waals surface area contributed by atoms with E-state index in [1.54, 1.807) is 30.3 Å². The van der Waals surface area contributed by atoms with Gasteiger partial charge in [0.2, 0.25) is 5.91 Å². The van der Waals surface area contributed by atoms with Crippen molar-refractivity contribution in [2.75, 3.05) is 12.3 Å². The van der Waals surface area contributed by atoms with Crippen LogP contribution in [0, 0.1) is 15.9 Å². The van der Waals surface area contributed by atoms with E-state index in [-0.39, 0.29) is 17.4 Å². The van der Waals surface area contributed by atoms with E-state index in [1.807, 2.05) is 0 Å². The standard InChI is InChI=1S/C18H16ClFN2O3S/c19-16-2-1-3-17(20)15(16)12-26-11-10-21-18(23)9-6-13-4-7-14(8-5-13)22(24)25/h1-9H,10-12H2,(H,21,23). The minimum Gasteiger partial charge on any atom is -0.352 e. The monoisotopic (exact) mass is 394 g/mol. The second-order valence-electron chi connectivity index (χ2n) is 5.23. The molecule has 0 aliphatic carbocycles. The molecule has 0 saturated heterocycles. The van der Waals surface area contributed by atoms with Crippen LogP contribution in [0.15, 0.2) is 48.5 Å². The van der Waals surface area contributed by atoms with Crippen LogP contribution in [0.4, 0.5) is 10.1 Å². The highest BCUT2D eigenvalue weighted by atomic mass is 35.5. The third kappa shape index (κ3) is 6.16. The van der Waals surface area contributed by atoms with E-state index in [0.29, 0.717) is 34.2 Å². The molecule has 0 spiro atoms. The van der Waals surface area contributed by atoms with Gasteiger partial charge in [0.25, 0.3) is 5.69 Å². The Balaban J connectivity index is 1.71. The number of hydrogen-bond donors (Lipinski definition) is 1. The third-order valence-electron chi connectivity index (χ3n) is 3.38. The van der Waals surface area contributed by atoms with E-state index in [0.717, 1.165) is 0 Å². The molecule has 0 heterocycles. The fourth-order valence-electron chi connectivity index (χ4n) is 2.03. The van der Waals surface area contributed by atoms with Gasteiger partial charge in [0.1, 0.15) is 5.82 Å². The van der Waals surface area contributed by atoms with Crippen LogP contribution in [0.5, 0.6) is 0 Å². The zero-order valence-electron chi connectivity index (χ0n) is 13.7. The molecule has 0 fully saturated rings. The molecule has 136 valence electrons. The Labute approximate surface area is 159 Å². The third-order valence-corrected chi connectivity index (χ3v) is 4.72. The SMILES string of the molecule is O=C(C=Cc1ccc([N+](=O)[O-])cc1)NCCSCc1c(F)cccc1Cl. The van der Waals surface area contributed by atoms with E-state index < -0.39 is 4.92 Å². The van der Waals surface area contributed by atoms with Gasteiger partial charge in [-0.2, -0.15) is 11.8 Å². The molecule has 0 radical (unpaired) electrons. The summed E-state index contributed by atoms with van der Waals surface area (Å²) in [6.45, 7) is 0.431. The summed E-state index contributed by atoms with van der Waals surface area (Å²) in [7, 11) is 0. The maximum absolute atomic E-state index is 13.6. The molecule has 0 aromatic heterocycles. The number of hydrogen-bond acceptors (Lipinski definition) is 4. The number of amides is 1. The van der Waals surface area contributed by atoms with Gasteiger partial charge in [-0.25, -0.2) is 4.39 Å². The Hall–Kier alpha value is -2.38. The number of benzene rings is 2. The summed E-state index contributed by atoms with van der Waals surface area (Å²) < 4.78 is 13.6. The van der Waals surface area contributed by atoms with Crippen LogP contribution in [0.3, 0.4) is 0 Å². The van der Waals surface area contributed by atoms with Crippen molar-refractivity contribution >= 4 is 41.0 Å². The van der Waals surface area contributed by atoms with Gasteiger partial charge in [-0.1, -0.05) is 17.7 Å². The molecule has 8 heteroatoms. The van der Waals surface area contributed by atoms with Crippen molar-refractivity contribution in [2.45, 2.75) is 5.75 Å². The van der Waals surface area contributed by atoms with Gasteiger partial charge >= 0.3 is 0 Å². The second-order valence-corrected chi connectivity index (χ2v) is 6.74. The summed E-state index contributed by atoms with van der Waals surface area (Å²) >= 11 is 7.42. The number of non-ortho nitro benzene ring substituents is 1. The second kappa shape index (κ2) is 9.94. The van der Waals surface area contributed by atoms with Crippen LogP contribution in [-0.2, 0) is 10.5 Å². The highest BCUT2D eigenvalue weighted by Crippen LogP contribution is 2.23. The number of nitro benzene ring substituents is 1. The summed E-state index contributed by atoms with van der Waals surface area (Å²) in [5.74, 6) is 0.440. The van der Waals surface area contributed by atoms with Crippen LogP contribution in [0.25, 0.3) is 6.08 Å². The molecule has 0 bridgehead atoms. The van der Waals surface area contributed by atoms with Gasteiger partial charge in [-0.05, 0) is 35.9 Å². The molecule has 1 amide bonds. The molecule has 2 rings (SSSR count). The number of carbonyl (C=O) groups excluding carboxylic acids is 1. The van der Waals surface area contributed by atoms with Crippen LogP contribution < -0.4 is 5.32 Å². The van der Waals surface area contributed by atoms with Crippen LogP contribution >= 0.6 is 23.4 Å². The number of nitrogens with zero attached hydrogens (tertiary/aromatic N) is 1. The van der Waals surface area contributed by atoms with Crippen LogP contribution in [0.1, 0.15) is 11.1 Å². The van der Waals surface area contributed by atoms with Crippen LogP contribution in [-0.4, -0.2) is 23.1 Å². The molecule has 0 saturated carbocycles. The van der Waals surface area contributed by atoms with E-state index in [1.165, 1.54) is 36.0 Å². The first-order valence-corrected chi connectivity index (χ1v) is 9.21. The lowest BCUT2D eigenvalue weighted by atomic mass is 10.2. The molecule has 1 N–H and O–H groups in total. The first-order valence-electron chi connectivity index (χ1n) is 7.68. The van der Waals surface area contributed by atoms with Crippen molar-refractivity contribution in [1.29, 1.82) is 0 Å². The normalized spacial score (nSPS) is 10.8. The highest BCUT2D eigenvalue weighted by molar-refractivity contribution is 7.98. The summed E-state index contributed by atoms with van der Waals surface area (Å²) in [6, 6.07) is 10.5. The lowest BCUT2D eigenvalue weighted by Gasteiger charge is -2.06. The van der Waals surface area contributed by atoms with Gasteiger partial charge in [0.05, 0.1) is 4.92 Å². The van der Waals surface area contributed by atoms with Crippen molar-refractivity contribution in [3.63, 3.8) is 0 Å². The van der Waals surface area contributed by atoms with Crippen molar-refractivity contribution < 1.29 is 14.1 Å². The number of rotatable bonds is 8. The molecular formula is C18H16ClFN2O3S. The zero-order valence-corrected chi connectivity index (χ0v) is 15.2. The Kier molecular flexibility index (Phi) is 7.62. The number of thioether (sulfide) groups is 1. The highest BCUT2D eigenvalue weighted by Gasteiger charge is 2.06. The predicted octanol–water partition coefficient (Wildman–Crippen LogP) is 4.45. The first-order chi connectivity index (χ1) is 12.5. The van der Waals surface area contributed by atoms with Crippen molar-refractivity contribution in [3.05, 3.63) is 80.6 Å². The van der Waals surface area contributed by atoms with Gasteiger partial charge in [0.15, 0.2) is 0 Å². The van der Waals surface area contributed by atoms with E-state index >= 15 is 0 Å². The number of nitrogens with one attached hydrogen (secondary N) is 1. The quantitative estimate of drug-likeness (QED) is 0.311. The van der Waals surface area contributed by atoms with Gasteiger partial charge in [0, 0.05) is 46.8 Å². The summed E-state index contributed by atoms with van der Waals surface area (Å²) in [5.41, 5.74) is 1.15. The van der Waals surface area contributed by atoms with Gasteiger partial charge in [-0.15, -0.1) is 0 Å². The maximum Gasteiger partial charge on any atom is 0.269 e. The molecule has 0 aliphatic rings. The van der Waals surface area contributed by atoms with Gasteiger partial charge in [-0.3, -0.25) is 14.9 Å². The molecule has 2 aromatic carbocycles. The number of nitro groups is 1. The molecular weight excluding hydrogens is 379 g/mol. The smallest absolute Gasteiger partial charge is 0.269 e. The van der Waals surface area contributed by atoms with Gasteiger partial charge < -0.3 is 5.32 Å². The Bertz CT molecular complexity index is 792. The lowest BCUT2D eigenvalue weighted by Crippen LogP contribution is -2.23. The largest absolute Gasteiger partial charge is 0.352 e. The molecule has 5 nitrogen and oxygen atoms in total. The fraction of sp³-hybridized carbons (Fsp3) is 0.167. The summed E-state index contributed by atoms with van der Waals surface area (Å²) in [4.78, 5) is 21.8. The molecule has 2 aromatic rings. The Morgan fingerprint density at radius 2 is 2.00 bits per heavy atom. The van der Waals surface area contributed by atoms with E-state index in [4.69, 9.17) is 11.6 Å². The summed E-state index contributed by atoms with van der Waals surface area (Å²) in [6.07, 6.45) is 2.94.